The highest BCUT2D eigenvalue weighted by molar-refractivity contribution is 5.89. The zero-order chi connectivity index (χ0) is 17.7. The zero-order valence-electron chi connectivity index (χ0n) is 13.8. The van der Waals surface area contributed by atoms with Crippen LogP contribution in [0.25, 0.3) is 0 Å². The van der Waals surface area contributed by atoms with Gasteiger partial charge in [-0.15, -0.1) is 0 Å². The lowest BCUT2D eigenvalue weighted by Crippen LogP contribution is -2.48. The molecule has 1 fully saturated rings. The van der Waals surface area contributed by atoms with Crippen molar-refractivity contribution in [1.29, 1.82) is 0 Å². The molecule has 2 aromatic rings. The van der Waals surface area contributed by atoms with Gasteiger partial charge in [-0.3, -0.25) is 0 Å². The third-order valence-electron chi connectivity index (χ3n) is 4.25. The Balaban J connectivity index is 1.51. The quantitative estimate of drug-likeness (QED) is 0.752. The van der Waals surface area contributed by atoms with Gasteiger partial charge in [-0.05, 0) is 49.1 Å². The summed E-state index contributed by atoms with van der Waals surface area (Å²) in [4.78, 5) is 11.9. The van der Waals surface area contributed by atoms with E-state index in [0.717, 1.165) is 24.8 Å². The molecule has 2 aromatic carbocycles. The molecule has 132 valence electrons. The van der Waals surface area contributed by atoms with Crippen LogP contribution in [0.15, 0.2) is 48.5 Å². The van der Waals surface area contributed by atoms with Gasteiger partial charge in [-0.2, -0.15) is 0 Å². The molecule has 0 unspecified atom stereocenters. The van der Waals surface area contributed by atoms with E-state index in [1.54, 1.807) is 36.4 Å². The van der Waals surface area contributed by atoms with Crippen LogP contribution in [0, 0.1) is 5.82 Å². The predicted octanol–water partition coefficient (Wildman–Crippen LogP) is 3.44. The number of benzene rings is 2. The predicted molar refractivity (Wildman–Crippen MR) is 93.0 cm³/mol. The minimum atomic E-state index is -0.757. The minimum absolute atomic E-state index is 0.237. The fourth-order valence-electron chi connectivity index (χ4n) is 2.64. The highest BCUT2D eigenvalue weighted by atomic mass is 19.1. The van der Waals surface area contributed by atoms with Crippen molar-refractivity contribution in [3.05, 3.63) is 59.9 Å². The molecule has 0 spiro atoms. The average Bonchev–Trinajstić information content (AvgIpc) is 2.57. The molecular formula is C19H21FN2O3. The largest absolute Gasteiger partial charge is 0.489 e. The van der Waals surface area contributed by atoms with E-state index in [2.05, 4.69) is 10.6 Å². The number of hydrogen-bond donors (Lipinski definition) is 3. The van der Waals surface area contributed by atoms with Crippen LogP contribution in [0.2, 0.25) is 0 Å². The van der Waals surface area contributed by atoms with E-state index in [4.69, 9.17) is 4.74 Å². The monoisotopic (exact) mass is 344 g/mol. The van der Waals surface area contributed by atoms with Crippen LogP contribution in [0.1, 0.15) is 24.8 Å². The average molecular weight is 344 g/mol. The summed E-state index contributed by atoms with van der Waals surface area (Å²) in [5, 5.41) is 15.4. The Morgan fingerprint density at radius 3 is 2.72 bits per heavy atom. The van der Waals surface area contributed by atoms with Gasteiger partial charge in [0.25, 0.3) is 0 Å². The number of halogens is 1. The molecule has 3 N–H and O–H groups in total. The van der Waals surface area contributed by atoms with Crippen molar-refractivity contribution in [1.82, 2.24) is 5.32 Å². The van der Waals surface area contributed by atoms with Crippen LogP contribution >= 0.6 is 0 Å². The first kappa shape index (κ1) is 17.2. The number of urea groups is 1. The lowest BCUT2D eigenvalue weighted by Gasteiger charge is -2.36. The zero-order valence-corrected chi connectivity index (χ0v) is 13.8. The number of carbonyl (C=O) groups is 1. The molecule has 1 saturated carbocycles. The third-order valence-corrected chi connectivity index (χ3v) is 4.25. The van der Waals surface area contributed by atoms with Crippen molar-refractivity contribution in [3.63, 3.8) is 0 Å². The van der Waals surface area contributed by atoms with Gasteiger partial charge in [-0.1, -0.05) is 18.2 Å². The van der Waals surface area contributed by atoms with Crippen molar-refractivity contribution < 1.29 is 19.0 Å². The van der Waals surface area contributed by atoms with Gasteiger partial charge < -0.3 is 20.5 Å². The second kappa shape index (κ2) is 7.53. The molecule has 0 aromatic heterocycles. The lowest BCUT2D eigenvalue weighted by molar-refractivity contribution is -0.0287. The normalized spacial score (nSPS) is 15.1. The molecule has 0 radical (unpaired) electrons. The number of hydrogen-bond acceptors (Lipinski definition) is 3. The molecule has 3 rings (SSSR count). The van der Waals surface area contributed by atoms with Gasteiger partial charge in [0.05, 0.1) is 5.60 Å². The highest BCUT2D eigenvalue weighted by Gasteiger charge is 2.34. The van der Waals surface area contributed by atoms with Gasteiger partial charge in [0.15, 0.2) is 0 Å². The maximum atomic E-state index is 13.2. The molecule has 1 aliphatic carbocycles. The summed E-state index contributed by atoms with van der Waals surface area (Å²) in [6, 6.07) is 12.8. The van der Waals surface area contributed by atoms with E-state index < -0.39 is 5.60 Å². The molecule has 2 amide bonds. The lowest BCUT2D eigenvalue weighted by atomic mass is 9.80. The number of aliphatic hydroxyl groups is 1. The smallest absolute Gasteiger partial charge is 0.319 e. The number of amides is 2. The molecule has 0 saturated heterocycles. The van der Waals surface area contributed by atoms with Crippen LogP contribution in [0.5, 0.6) is 5.75 Å². The van der Waals surface area contributed by atoms with E-state index in [9.17, 15) is 14.3 Å². The number of rotatable bonds is 6. The Morgan fingerprint density at radius 1 is 1.20 bits per heavy atom. The van der Waals surface area contributed by atoms with Crippen molar-refractivity contribution in [2.45, 2.75) is 31.5 Å². The number of anilines is 1. The Labute approximate surface area is 145 Å². The van der Waals surface area contributed by atoms with Crippen LogP contribution in [-0.2, 0) is 6.61 Å². The Kier molecular flexibility index (Phi) is 5.19. The SMILES string of the molecule is O=C(NCC1(O)CCC1)Nc1cccc(OCc2cccc(F)c2)c1. The molecule has 0 atom stereocenters. The van der Waals surface area contributed by atoms with Crippen LogP contribution in [0.3, 0.4) is 0 Å². The van der Waals surface area contributed by atoms with Gasteiger partial charge in [0, 0.05) is 18.3 Å². The molecular weight excluding hydrogens is 323 g/mol. The Morgan fingerprint density at radius 2 is 2.00 bits per heavy atom. The first-order chi connectivity index (χ1) is 12.0. The number of ether oxygens (including phenoxy) is 1. The van der Waals surface area contributed by atoms with Crippen LogP contribution in [0.4, 0.5) is 14.9 Å². The van der Waals surface area contributed by atoms with E-state index >= 15 is 0 Å². The van der Waals surface area contributed by atoms with Gasteiger partial charge in [0.1, 0.15) is 18.2 Å². The summed E-state index contributed by atoms with van der Waals surface area (Å²) in [6.07, 6.45) is 2.43. The summed E-state index contributed by atoms with van der Waals surface area (Å²) < 4.78 is 18.8. The fourth-order valence-corrected chi connectivity index (χ4v) is 2.64. The summed E-state index contributed by atoms with van der Waals surface area (Å²) in [5.74, 6) is 0.265. The third kappa shape index (κ3) is 4.93. The van der Waals surface area contributed by atoms with E-state index in [1.807, 2.05) is 0 Å². The Hall–Kier alpha value is -2.60. The standard InChI is InChI=1S/C19H21FN2O3/c20-15-5-1-4-14(10-15)12-25-17-7-2-6-16(11-17)22-18(23)21-13-19(24)8-3-9-19/h1-2,4-7,10-11,24H,3,8-9,12-13H2,(H2,21,22,23). The fraction of sp³-hybridized carbons (Fsp3) is 0.316. The summed E-state index contributed by atoms with van der Waals surface area (Å²) in [6.45, 7) is 0.481. The molecule has 25 heavy (non-hydrogen) atoms. The van der Waals surface area contributed by atoms with Crippen molar-refractivity contribution in [3.8, 4) is 5.75 Å². The number of carbonyl (C=O) groups excluding carboxylic acids is 1. The van der Waals surface area contributed by atoms with E-state index in [1.165, 1.54) is 12.1 Å². The maximum absolute atomic E-state index is 13.2. The molecule has 6 heteroatoms. The first-order valence-corrected chi connectivity index (χ1v) is 8.27. The molecule has 5 nitrogen and oxygen atoms in total. The van der Waals surface area contributed by atoms with Crippen molar-refractivity contribution in [2.75, 3.05) is 11.9 Å². The highest BCUT2D eigenvalue weighted by Crippen LogP contribution is 2.30. The molecule has 0 aliphatic heterocycles. The minimum Gasteiger partial charge on any atom is -0.489 e. The molecule has 0 bridgehead atoms. The van der Waals surface area contributed by atoms with E-state index in [-0.39, 0.29) is 25.0 Å². The topological polar surface area (TPSA) is 70.6 Å². The van der Waals surface area contributed by atoms with Crippen molar-refractivity contribution >= 4 is 11.7 Å². The van der Waals surface area contributed by atoms with Gasteiger partial charge >= 0.3 is 6.03 Å². The number of nitrogens with one attached hydrogen (secondary N) is 2. The van der Waals surface area contributed by atoms with Crippen LogP contribution < -0.4 is 15.4 Å². The van der Waals surface area contributed by atoms with E-state index in [0.29, 0.717) is 11.4 Å². The second-order valence-corrected chi connectivity index (χ2v) is 6.33. The molecule has 1 aliphatic rings. The molecule has 0 heterocycles. The first-order valence-electron chi connectivity index (χ1n) is 8.27. The van der Waals surface area contributed by atoms with Crippen molar-refractivity contribution in [2.24, 2.45) is 0 Å². The summed E-state index contributed by atoms with van der Waals surface area (Å²) in [7, 11) is 0. The summed E-state index contributed by atoms with van der Waals surface area (Å²) >= 11 is 0. The Bertz CT molecular complexity index is 747. The second-order valence-electron chi connectivity index (χ2n) is 6.33. The van der Waals surface area contributed by atoms with Crippen LogP contribution in [-0.4, -0.2) is 23.3 Å². The van der Waals surface area contributed by atoms with Gasteiger partial charge in [0.2, 0.25) is 0 Å². The maximum Gasteiger partial charge on any atom is 0.319 e. The van der Waals surface area contributed by atoms with Gasteiger partial charge in [-0.25, -0.2) is 9.18 Å². The summed E-state index contributed by atoms with van der Waals surface area (Å²) in [5.41, 5.74) is 0.549.